The van der Waals surface area contributed by atoms with Crippen molar-refractivity contribution in [1.82, 2.24) is 25.1 Å². The molecule has 1 saturated heterocycles. The molecule has 150 valence electrons. The van der Waals surface area contributed by atoms with Gasteiger partial charge >= 0.3 is 0 Å². The van der Waals surface area contributed by atoms with Crippen molar-refractivity contribution in [2.75, 3.05) is 18.4 Å². The van der Waals surface area contributed by atoms with E-state index < -0.39 is 0 Å². The molecule has 0 unspecified atom stereocenters. The third kappa shape index (κ3) is 4.78. The van der Waals surface area contributed by atoms with Crippen LogP contribution in [-0.2, 0) is 11.3 Å². The average Bonchev–Trinajstić information content (AvgIpc) is 3.26. The van der Waals surface area contributed by atoms with Crippen molar-refractivity contribution in [3.63, 3.8) is 0 Å². The van der Waals surface area contributed by atoms with Crippen LogP contribution in [0.15, 0.2) is 48.8 Å². The molecule has 0 spiro atoms. The fourth-order valence-corrected chi connectivity index (χ4v) is 3.69. The lowest BCUT2D eigenvalue weighted by Gasteiger charge is -2.31. The van der Waals surface area contributed by atoms with E-state index in [0.29, 0.717) is 11.6 Å². The van der Waals surface area contributed by atoms with E-state index in [2.05, 4.69) is 25.7 Å². The van der Waals surface area contributed by atoms with E-state index in [-0.39, 0.29) is 17.6 Å². The molecule has 7 nitrogen and oxygen atoms in total. The minimum Gasteiger partial charge on any atom is -0.326 e. The van der Waals surface area contributed by atoms with E-state index in [1.807, 2.05) is 24.3 Å². The van der Waals surface area contributed by atoms with Crippen molar-refractivity contribution < 1.29 is 9.18 Å². The van der Waals surface area contributed by atoms with Crippen LogP contribution in [0.2, 0.25) is 5.02 Å². The summed E-state index contributed by atoms with van der Waals surface area (Å²) in [5.41, 5.74) is 2.46. The molecular formula is C20H20ClFN6O. The normalized spacial score (nSPS) is 15.4. The largest absolute Gasteiger partial charge is 0.326 e. The van der Waals surface area contributed by atoms with Crippen molar-refractivity contribution in [3.8, 4) is 5.69 Å². The summed E-state index contributed by atoms with van der Waals surface area (Å²) in [5.74, 6) is -0.339. The van der Waals surface area contributed by atoms with Gasteiger partial charge in [-0.2, -0.15) is 0 Å². The molecule has 1 aliphatic heterocycles. The summed E-state index contributed by atoms with van der Waals surface area (Å²) in [6.45, 7) is 2.25. The van der Waals surface area contributed by atoms with E-state index in [9.17, 15) is 9.18 Å². The minimum absolute atomic E-state index is 0.0274. The molecule has 1 aromatic heterocycles. The number of amides is 1. The monoisotopic (exact) mass is 414 g/mol. The Morgan fingerprint density at radius 2 is 1.93 bits per heavy atom. The highest BCUT2D eigenvalue weighted by molar-refractivity contribution is 6.31. The van der Waals surface area contributed by atoms with Crippen molar-refractivity contribution in [3.05, 3.63) is 65.2 Å². The van der Waals surface area contributed by atoms with Gasteiger partial charge in [-0.3, -0.25) is 9.69 Å². The Morgan fingerprint density at radius 1 is 1.17 bits per heavy atom. The maximum atomic E-state index is 13.2. The van der Waals surface area contributed by atoms with Crippen LogP contribution in [-0.4, -0.2) is 44.1 Å². The Kier molecular flexibility index (Phi) is 5.82. The van der Waals surface area contributed by atoms with Gasteiger partial charge in [0.25, 0.3) is 0 Å². The predicted octanol–water partition coefficient (Wildman–Crippen LogP) is 3.31. The highest BCUT2D eigenvalue weighted by Gasteiger charge is 2.25. The zero-order valence-electron chi connectivity index (χ0n) is 15.6. The number of hydrogen-bond acceptors (Lipinski definition) is 5. The Balaban J connectivity index is 1.28. The van der Waals surface area contributed by atoms with Gasteiger partial charge < -0.3 is 5.32 Å². The second-order valence-electron chi connectivity index (χ2n) is 7.08. The van der Waals surface area contributed by atoms with Crippen LogP contribution in [0.3, 0.4) is 0 Å². The standard InChI is InChI=1S/C20H20ClFN6O/c21-19-11-16(22)2-1-15(19)12-27-9-7-14(8-10-27)20(29)24-17-3-5-18(6-4-17)28-13-23-25-26-28/h1-6,11,13-14H,7-10,12H2,(H,24,29). The first-order valence-electron chi connectivity index (χ1n) is 9.39. The summed E-state index contributed by atoms with van der Waals surface area (Å²) >= 11 is 6.12. The van der Waals surface area contributed by atoms with Crippen LogP contribution < -0.4 is 5.32 Å². The lowest BCUT2D eigenvalue weighted by molar-refractivity contribution is -0.121. The zero-order valence-corrected chi connectivity index (χ0v) is 16.4. The molecule has 4 rings (SSSR count). The highest BCUT2D eigenvalue weighted by atomic mass is 35.5. The Morgan fingerprint density at radius 3 is 2.59 bits per heavy atom. The van der Waals surface area contributed by atoms with Crippen molar-refractivity contribution >= 4 is 23.2 Å². The third-order valence-corrected chi connectivity index (χ3v) is 5.47. The van der Waals surface area contributed by atoms with Gasteiger partial charge in [0.05, 0.1) is 5.69 Å². The third-order valence-electron chi connectivity index (χ3n) is 5.12. The maximum Gasteiger partial charge on any atom is 0.227 e. The fourth-order valence-electron chi connectivity index (χ4n) is 3.47. The van der Waals surface area contributed by atoms with Crippen LogP contribution >= 0.6 is 11.6 Å². The number of tetrazole rings is 1. The number of aromatic nitrogens is 4. The molecule has 0 radical (unpaired) electrons. The molecule has 1 fully saturated rings. The second-order valence-corrected chi connectivity index (χ2v) is 7.48. The molecule has 3 aromatic rings. The number of benzene rings is 2. The first-order valence-corrected chi connectivity index (χ1v) is 9.77. The number of nitrogens with zero attached hydrogens (tertiary/aromatic N) is 5. The SMILES string of the molecule is O=C(Nc1ccc(-n2cnnn2)cc1)C1CCN(Cc2ccc(F)cc2Cl)CC1. The zero-order chi connectivity index (χ0) is 20.2. The lowest BCUT2D eigenvalue weighted by atomic mass is 9.95. The van der Waals surface area contributed by atoms with Gasteiger partial charge in [0.2, 0.25) is 5.91 Å². The molecule has 0 saturated carbocycles. The van der Waals surface area contributed by atoms with Crippen molar-refractivity contribution in [2.45, 2.75) is 19.4 Å². The molecule has 0 aliphatic carbocycles. The van der Waals surface area contributed by atoms with Crippen LogP contribution in [0.25, 0.3) is 5.69 Å². The molecule has 0 atom stereocenters. The molecule has 1 amide bonds. The second kappa shape index (κ2) is 8.67. The minimum atomic E-state index is -0.333. The van der Waals surface area contributed by atoms with Gasteiger partial charge in [0.1, 0.15) is 12.1 Å². The predicted molar refractivity (Wildman–Crippen MR) is 107 cm³/mol. The molecule has 2 aromatic carbocycles. The molecular weight excluding hydrogens is 395 g/mol. The number of hydrogen-bond donors (Lipinski definition) is 1. The van der Waals surface area contributed by atoms with Crippen LogP contribution in [0, 0.1) is 11.7 Å². The summed E-state index contributed by atoms with van der Waals surface area (Å²) in [4.78, 5) is 14.8. The summed E-state index contributed by atoms with van der Waals surface area (Å²) in [6.07, 6.45) is 3.06. The maximum absolute atomic E-state index is 13.2. The highest BCUT2D eigenvalue weighted by Crippen LogP contribution is 2.24. The Hall–Kier alpha value is -2.84. The number of halogens is 2. The summed E-state index contributed by atoms with van der Waals surface area (Å²) in [5, 5.41) is 14.5. The van der Waals surface area contributed by atoms with Crippen LogP contribution in [0.5, 0.6) is 0 Å². The number of piperidine rings is 1. The van der Waals surface area contributed by atoms with Gasteiger partial charge in [0.15, 0.2) is 0 Å². The van der Waals surface area contributed by atoms with E-state index in [1.54, 1.807) is 10.7 Å². The summed E-state index contributed by atoms with van der Waals surface area (Å²) in [6, 6.07) is 11.8. The molecule has 1 aliphatic rings. The van der Waals surface area contributed by atoms with E-state index >= 15 is 0 Å². The number of likely N-dealkylation sites (tertiary alicyclic amines) is 1. The van der Waals surface area contributed by atoms with Gasteiger partial charge in [-0.05, 0) is 78.3 Å². The number of carbonyl (C=O) groups excluding carboxylic acids is 1. The van der Waals surface area contributed by atoms with Gasteiger partial charge in [0, 0.05) is 23.2 Å². The molecule has 29 heavy (non-hydrogen) atoms. The number of nitrogens with one attached hydrogen (secondary N) is 1. The average molecular weight is 415 g/mol. The number of anilines is 1. The lowest BCUT2D eigenvalue weighted by Crippen LogP contribution is -2.37. The van der Waals surface area contributed by atoms with Crippen molar-refractivity contribution in [1.29, 1.82) is 0 Å². The van der Waals surface area contributed by atoms with E-state index in [1.165, 1.54) is 18.5 Å². The quantitative estimate of drug-likeness (QED) is 0.693. The van der Waals surface area contributed by atoms with Gasteiger partial charge in [-0.25, -0.2) is 9.07 Å². The smallest absolute Gasteiger partial charge is 0.227 e. The number of rotatable bonds is 5. The Bertz CT molecular complexity index is 971. The summed E-state index contributed by atoms with van der Waals surface area (Å²) in [7, 11) is 0. The molecule has 9 heteroatoms. The van der Waals surface area contributed by atoms with Crippen molar-refractivity contribution in [2.24, 2.45) is 5.92 Å². The number of carbonyl (C=O) groups is 1. The van der Waals surface area contributed by atoms with E-state index in [0.717, 1.165) is 42.9 Å². The van der Waals surface area contributed by atoms with Crippen LogP contribution in [0.1, 0.15) is 18.4 Å². The topological polar surface area (TPSA) is 75.9 Å². The van der Waals surface area contributed by atoms with Gasteiger partial charge in [-0.15, -0.1) is 5.10 Å². The first kappa shape index (κ1) is 19.5. The molecule has 0 bridgehead atoms. The first-order chi connectivity index (χ1) is 14.1. The van der Waals surface area contributed by atoms with E-state index in [4.69, 9.17) is 11.6 Å². The summed E-state index contributed by atoms with van der Waals surface area (Å²) < 4.78 is 14.7. The molecule has 1 N–H and O–H groups in total. The van der Waals surface area contributed by atoms with Gasteiger partial charge in [-0.1, -0.05) is 17.7 Å². The Labute approximate surface area is 172 Å². The molecule has 2 heterocycles. The fraction of sp³-hybridized carbons (Fsp3) is 0.300. The van der Waals surface area contributed by atoms with Crippen LogP contribution in [0.4, 0.5) is 10.1 Å².